The molecule has 1 aliphatic rings. The van der Waals surface area contributed by atoms with Gasteiger partial charge in [-0.05, 0) is 30.4 Å². The molecule has 21 heavy (non-hydrogen) atoms. The Hall–Kier alpha value is -2.43. The summed E-state index contributed by atoms with van der Waals surface area (Å²) in [5, 5.41) is 0. The molecule has 0 spiro atoms. The fourth-order valence-electron chi connectivity index (χ4n) is 2.84. The number of fused-ring (bicyclic) bond motifs is 1. The van der Waals surface area contributed by atoms with Gasteiger partial charge in [0, 0.05) is 13.1 Å². The predicted molar refractivity (Wildman–Crippen MR) is 81.2 cm³/mol. The third-order valence-electron chi connectivity index (χ3n) is 4.10. The van der Waals surface area contributed by atoms with Crippen LogP contribution in [0.4, 0.5) is 5.82 Å². The molecule has 5 nitrogen and oxygen atoms in total. The van der Waals surface area contributed by atoms with Crippen LogP contribution in [0.2, 0.25) is 0 Å². The van der Waals surface area contributed by atoms with E-state index in [9.17, 15) is 4.79 Å². The first-order chi connectivity index (χ1) is 10.1. The summed E-state index contributed by atoms with van der Waals surface area (Å²) in [6.45, 7) is 0. The third kappa shape index (κ3) is 2.72. The lowest BCUT2D eigenvalue weighted by atomic mass is 9.88. The summed E-state index contributed by atoms with van der Waals surface area (Å²) in [7, 11) is 1.99. The highest BCUT2D eigenvalue weighted by Gasteiger charge is 2.23. The fourth-order valence-corrected chi connectivity index (χ4v) is 2.84. The van der Waals surface area contributed by atoms with E-state index in [1.54, 1.807) is 6.20 Å². The number of nitrogens with two attached hydrogens (primary N) is 1. The molecule has 3 rings (SSSR count). The summed E-state index contributed by atoms with van der Waals surface area (Å²) in [6.07, 6.45) is 6.18. The van der Waals surface area contributed by atoms with Gasteiger partial charge in [0.25, 0.3) is 5.91 Å². The summed E-state index contributed by atoms with van der Waals surface area (Å²) in [6, 6.07) is 8.90. The molecular formula is C16H18N4O. The average Bonchev–Trinajstić information content (AvgIpc) is 2.53. The van der Waals surface area contributed by atoms with Crippen LogP contribution in [0.1, 0.15) is 28.0 Å². The minimum atomic E-state index is -0.549. The normalized spacial score (nSPS) is 17.1. The van der Waals surface area contributed by atoms with Gasteiger partial charge in [0.15, 0.2) is 0 Å². The minimum Gasteiger partial charge on any atom is -0.364 e. The zero-order chi connectivity index (χ0) is 14.8. The van der Waals surface area contributed by atoms with E-state index < -0.39 is 5.91 Å². The van der Waals surface area contributed by atoms with Gasteiger partial charge in [0.05, 0.1) is 12.4 Å². The Morgan fingerprint density at radius 1 is 1.29 bits per heavy atom. The Bertz CT molecular complexity index is 671. The van der Waals surface area contributed by atoms with Gasteiger partial charge in [-0.3, -0.25) is 9.78 Å². The average molecular weight is 282 g/mol. The van der Waals surface area contributed by atoms with Crippen LogP contribution >= 0.6 is 0 Å². The standard InChI is InChI=1S/C16H18N4O/c1-20(15-10-18-9-14(19-15)16(17)21)13-7-6-11-4-2-3-5-12(11)8-13/h2-5,9-10,13H,6-8H2,1H3,(H2,17,21). The lowest BCUT2D eigenvalue weighted by molar-refractivity contribution is 0.0995. The van der Waals surface area contributed by atoms with E-state index in [1.165, 1.54) is 17.3 Å². The zero-order valence-electron chi connectivity index (χ0n) is 12.0. The van der Waals surface area contributed by atoms with Crippen LogP contribution in [0.5, 0.6) is 0 Å². The van der Waals surface area contributed by atoms with E-state index in [-0.39, 0.29) is 5.69 Å². The lowest BCUT2D eigenvalue weighted by Crippen LogP contribution is -2.37. The van der Waals surface area contributed by atoms with E-state index in [2.05, 4.69) is 39.1 Å². The molecule has 1 amide bonds. The predicted octanol–water partition coefficient (Wildman–Crippen LogP) is 1.57. The Balaban J connectivity index is 1.82. The van der Waals surface area contributed by atoms with Gasteiger partial charge >= 0.3 is 0 Å². The van der Waals surface area contributed by atoms with Gasteiger partial charge in [0.2, 0.25) is 0 Å². The van der Waals surface area contributed by atoms with Crippen molar-refractivity contribution in [3.8, 4) is 0 Å². The van der Waals surface area contributed by atoms with E-state index in [0.29, 0.717) is 11.9 Å². The van der Waals surface area contributed by atoms with Crippen molar-refractivity contribution < 1.29 is 4.79 Å². The third-order valence-corrected chi connectivity index (χ3v) is 4.10. The van der Waals surface area contributed by atoms with Crippen LogP contribution < -0.4 is 10.6 Å². The van der Waals surface area contributed by atoms with Crippen LogP contribution in [-0.4, -0.2) is 29.0 Å². The quantitative estimate of drug-likeness (QED) is 0.927. The maximum absolute atomic E-state index is 11.2. The van der Waals surface area contributed by atoms with Crippen molar-refractivity contribution in [1.82, 2.24) is 9.97 Å². The molecule has 1 aromatic carbocycles. The zero-order valence-corrected chi connectivity index (χ0v) is 12.0. The number of hydrogen-bond acceptors (Lipinski definition) is 4. The Morgan fingerprint density at radius 2 is 2.05 bits per heavy atom. The highest BCUT2D eigenvalue weighted by atomic mass is 16.1. The molecule has 0 saturated carbocycles. The number of aromatic nitrogens is 2. The molecule has 1 atom stereocenters. The lowest BCUT2D eigenvalue weighted by Gasteiger charge is -2.33. The molecule has 0 fully saturated rings. The molecule has 0 bridgehead atoms. The smallest absolute Gasteiger partial charge is 0.268 e. The summed E-state index contributed by atoms with van der Waals surface area (Å²) >= 11 is 0. The number of carbonyl (C=O) groups is 1. The van der Waals surface area contributed by atoms with E-state index in [1.807, 2.05) is 7.05 Å². The first kappa shape index (κ1) is 13.5. The van der Waals surface area contributed by atoms with Gasteiger partial charge in [-0.15, -0.1) is 0 Å². The van der Waals surface area contributed by atoms with Crippen molar-refractivity contribution in [1.29, 1.82) is 0 Å². The monoisotopic (exact) mass is 282 g/mol. The first-order valence-electron chi connectivity index (χ1n) is 7.06. The molecule has 1 unspecified atom stereocenters. The molecule has 0 saturated heterocycles. The fraction of sp³-hybridized carbons (Fsp3) is 0.312. The molecule has 108 valence electrons. The van der Waals surface area contributed by atoms with Crippen molar-refractivity contribution in [3.63, 3.8) is 0 Å². The Labute approximate surface area is 123 Å². The molecule has 2 aromatic rings. The summed E-state index contributed by atoms with van der Waals surface area (Å²) in [5.74, 6) is 0.141. The molecular weight excluding hydrogens is 264 g/mol. The Morgan fingerprint density at radius 3 is 2.81 bits per heavy atom. The van der Waals surface area contributed by atoms with Gasteiger partial charge in [0.1, 0.15) is 11.5 Å². The molecule has 2 N–H and O–H groups in total. The number of amides is 1. The van der Waals surface area contributed by atoms with Crippen molar-refractivity contribution in [2.24, 2.45) is 5.73 Å². The summed E-state index contributed by atoms with van der Waals surface area (Å²) in [5.41, 5.74) is 8.29. The van der Waals surface area contributed by atoms with Crippen molar-refractivity contribution in [3.05, 3.63) is 53.5 Å². The SMILES string of the molecule is CN(c1cncc(C(N)=O)n1)C1CCc2ccccc2C1. The molecule has 0 aliphatic heterocycles. The number of aryl methyl sites for hydroxylation is 1. The number of primary amides is 1. The highest BCUT2D eigenvalue weighted by Crippen LogP contribution is 2.25. The number of benzene rings is 1. The van der Waals surface area contributed by atoms with Gasteiger partial charge in [-0.25, -0.2) is 4.98 Å². The minimum absolute atomic E-state index is 0.204. The number of carbonyl (C=O) groups excluding carboxylic acids is 1. The molecule has 0 radical (unpaired) electrons. The number of likely N-dealkylation sites (N-methyl/N-ethyl adjacent to an activating group) is 1. The van der Waals surface area contributed by atoms with Crippen molar-refractivity contribution in [2.75, 3.05) is 11.9 Å². The van der Waals surface area contributed by atoms with Gasteiger partial charge < -0.3 is 10.6 Å². The topological polar surface area (TPSA) is 72.1 Å². The van der Waals surface area contributed by atoms with Crippen LogP contribution in [0.15, 0.2) is 36.7 Å². The van der Waals surface area contributed by atoms with Gasteiger partial charge in [-0.1, -0.05) is 24.3 Å². The van der Waals surface area contributed by atoms with Crippen LogP contribution in [0, 0.1) is 0 Å². The maximum Gasteiger partial charge on any atom is 0.268 e. The maximum atomic E-state index is 11.2. The van der Waals surface area contributed by atoms with Crippen LogP contribution in [0.3, 0.4) is 0 Å². The molecule has 5 heteroatoms. The van der Waals surface area contributed by atoms with Crippen LogP contribution in [-0.2, 0) is 12.8 Å². The summed E-state index contributed by atoms with van der Waals surface area (Å²) in [4.78, 5) is 21.7. The first-order valence-corrected chi connectivity index (χ1v) is 7.06. The second kappa shape index (κ2) is 5.52. The number of rotatable bonds is 3. The highest BCUT2D eigenvalue weighted by molar-refractivity contribution is 5.90. The van der Waals surface area contributed by atoms with Crippen LogP contribution in [0.25, 0.3) is 0 Å². The summed E-state index contributed by atoms with van der Waals surface area (Å²) < 4.78 is 0. The van der Waals surface area contributed by atoms with Crippen molar-refractivity contribution >= 4 is 11.7 Å². The molecule has 1 aromatic heterocycles. The largest absolute Gasteiger partial charge is 0.364 e. The van der Waals surface area contributed by atoms with Gasteiger partial charge in [-0.2, -0.15) is 0 Å². The second-order valence-corrected chi connectivity index (χ2v) is 5.40. The van der Waals surface area contributed by atoms with Crippen molar-refractivity contribution in [2.45, 2.75) is 25.3 Å². The molecule has 1 heterocycles. The van der Waals surface area contributed by atoms with E-state index in [0.717, 1.165) is 19.3 Å². The number of anilines is 1. The van der Waals surface area contributed by atoms with E-state index >= 15 is 0 Å². The Kier molecular flexibility index (Phi) is 3.56. The second-order valence-electron chi connectivity index (χ2n) is 5.40. The molecule has 1 aliphatic carbocycles. The number of nitrogens with zero attached hydrogens (tertiary/aromatic N) is 3. The number of hydrogen-bond donors (Lipinski definition) is 1. The van der Waals surface area contributed by atoms with E-state index in [4.69, 9.17) is 5.73 Å².